The Kier molecular flexibility index (Phi) is 3.48. The standard InChI is InChI=1S/C18H18N2/c1-13(19-2)14-5-3-6-15(11-14)16-8-9-18-17(12-16)7-4-10-20-18/h3-13,19H,1-2H3. The van der Waals surface area contributed by atoms with Gasteiger partial charge in [0, 0.05) is 17.6 Å². The van der Waals surface area contributed by atoms with E-state index in [1.54, 1.807) is 0 Å². The Bertz CT molecular complexity index is 734. The minimum atomic E-state index is 0.358. The van der Waals surface area contributed by atoms with Gasteiger partial charge in [0.15, 0.2) is 0 Å². The minimum Gasteiger partial charge on any atom is -0.313 e. The lowest BCUT2D eigenvalue weighted by atomic mass is 9.99. The second-order valence-electron chi connectivity index (χ2n) is 5.05. The Morgan fingerprint density at radius 1 is 0.950 bits per heavy atom. The number of rotatable bonds is 3. The number of fused-ring (bicyclic) bond motifs is 1. The molecule has 0 aliphatic carbocycles. The normalized spacial score (nSPS) is 12.5. The zero-order chi connectivity index (χ0) is 13.9. The van der Waals surface area contributed by atoms with Crippen molar-refractivity contribution in [3.63, 3.8) is 0 Å². The number of hydrogen-bond acceptors (Lipinski definition) is 2. The fraction of sp³-hybridized carbons (Fsp3) is 0.167. The Labute approximate surface area is 119 Å². The van der Waals surface area contributed by atoms with Gasteiger partial charge in [0.25, 0.3) is 0 Å². The van der Waals surface area contributed by atoms with Gasteiger partial charge in [-0.05, 0) is 54.9 Å². The van der Waals surface area contributed by atoms with Crippen molar-refractivity contribution in [2.45, 2.75) is 13.0 Å². The lowest BCUT2D eigenvalue weighted by Gasteiger charge is -2.12. The van der Waals surface area contributed by atoms with Crippen molar-refractivity contribution in [2.24, 2.45) is 0 Å². The molecule has 2 nitrogen and oxygen atoms in total. The predicted octanol–water partition coefficient (Wildman–Crippen LogP) is 4.18. The number of nitrogens with one attached hydrogen (secondary N) is 1. The Morgan fingerprint density at radius 2 is 1.80 bits per heavy atom. The van der Waals surface area contributed by atoms with Crippen LogP contribution in [-0.4, -0.2) is 12.0 Å². The third-order valence-corrected chi connectivity index (χ3v) is 3.76. The highest BCUT2D eigenvalue weighted by atomic mass is 14.8. The molecule has 0 bridgehead atoms. The van der Waals surface area contributed by atoms with Gasteiger partial charge in [-0.3, -0.25) is 4.98 Å². The number of benzene rings is 2. The Morgan fingerprint density at radius 3 is 2.65 bits per heavy atom. The molecule has 0 saturated carbocycles. The summed E-state index contributed by atoms with van der Waals surface area (Å²) in [5.41, 5.74) is 4.82. The smallest absolute Gasteiger partial charge is 0.0702 e. The SMILES string of the molecule is CNC(C)c1cccc(-c2ccc3ncccc3c2)c1. The predicted molar refractivity (Wildman–Crippen MR) is 84.7 cm³/mol. The van der Waals surface area contributed by atoms with Crippen molar-refractivity contribution in [3.8, 4) is 11.1 Å². The van der Waals surface area contributed by atoms with Gasteiger partial charge < -0.3 is 5.32 Å². The van der Waals surface area contributed by atoms with E-state index in [4.69, 9.17) is 0 Å². The van der Waals surface area contributed by atoms with Gasteiger partial charge in [0.2, 0.25) is 0 Å². The van der Waals surface area contributed by atoms with Crippen molar-refractivity contribution in [2.75, 3.05) is 7.05 Å². The highest BCUT2D eigenvalue weighted by Crippen LogP contribution is 2.25. The minimum absolute atomic E-state index is 0.358. The third-order valence-electron chi connectivity index (χ3n) is 3.76. The number of nitrogens with zero attached hydrogens (tertiary/aromatic N) is 1. The summed E-state index contributed by atoms with van der Waals surface area (Å²) in [6.07, 6.45) is 1.83. The summed E-state index contributed by atoms with van der Waals surface area (Å²) < 4.78 is 0. The first-order chi connectivity index (χ1) is 9.78. The van der Waals surface area contributed by atoms with Crippen LogP contribution in [0.2, 0.25) is 0 Å². The molecule has 0 spiro atoms. The van der Waals surface area contributed by atoms with Crippen LogP contribution in [0.25, 0.3) is 22.0 Å². The number of aromatic nitrogens is 1. The fourth-order valence-electron chi connectivity index (χ4n) is 2.41. The van der Waals surface area contributed by atoms with Crippen LogP contribution in [-0.2, 0) is 0 Å². The molecule has 1 N–H and O–H groups in total. The molecule has 3 rings (SSSR count). The summed E-state index contributed by atoms with van der Waals surface area (Å²) in [7, 11) is 1.99. The average Bonchev–Trinajstić information content (AvgIpc) is 2.53. The summed E-state index contributed by atoms with van der Waals surface area (Å²) in [4.78, 5) is 4.37. The van der Waals surface area contributed by atoms with Crippen LogP contribution < -0.4 is 5.32 Å². The fourth-order valence-corrected chi connectivity index (χ4v) is 2.41. The van der Waals surface area contributed by atoms with E-state index in [1.165, 1.54) is 22.1 Å². The summed E-state index contributed by atoms with van der Waals surface area (Å²) in [5.74, 6) is 0. The second-order valence-corrected chi connectivity index (χ2v) is 5.05. The first-order valence-corrected chi connectivity index (χ1v) is 6.90. The van der Waals surface area contributed by atoms with Crippen molar-refractivity contribution in [3.05, 3.63) is 66.4 Å². The Hall–Kier alpha value is -2.19. The van der Waals surface area contributed by atoms with Gasteiger partial charge in [-0.15, -0.1) is 0 Å². The average molecular weight is 262 g/mol. The van der Waals surface area contributed by atoms with E-state index in [1.807, 2.05) is 19.3 Å². The molecular formula is C18H18N2. The summed E-state index contributed by atoms with van der Waals surface area (Å²) in [5, 5.41) is 4.46. The van der Waals surface area contributed by atoms with E-state index < -0.39 is 0 Å². The van der Waals surface area contributed by atoms with E-state index in [0.717, 1.165) is 5.52 Å². The molecule has 100 valence electrons. The maximum atomic E-state index is 4.37. The van der Waals surface area contributed by atoms with Gasteiger partial charge >= 0.3 is 0 Å². The summed E-state index contributed by atoms with van der Waals surface area (Å²) in [6, 6.07) is 19.5. The van der Waals surface area contributed by atoms with Crippen molar-refractivity contribution in [1.82, 2.24) is 10.3 Å². The van der Waals surface area contributed by atoms with Crippen molar-refractivity contribution in [1.29, 1.82) is 0 Å². The highest BCUT2D eigenvalue weighted by Gasteiger charge is 2.05. The molecule has 0 amide bonds. The van der Waals surface area contributed by atoms with Crippen molar-refractivity contribution < 1.29 is 0 Å². The van der Waals surface area contributed by atoms with E-state index in [2.05, 4.69) is 65.8 Å². The monoisotopic (exact) mass is 262 g/mol. The molecule has 1 heterocycles. The molecule has 0 saturated heterocycles. The van der Waals surface area contributed by atoms with Crippen LogP contribution in [0, 0.1) is 0 Å². The van der Waals surface area contributed by atoms with Crippen LogP contribution in [0.5, 0.6) is 0 Å². The molecule has 3 aromatic rings. The first-order valence-electron chi connectivity index (χ1n) is 6.90. The van der Waals surface area contributed by atoms with Crippen molar-refractivity contribution >= 4 is 10.9 Å². The summed E-state index contributed by atoms with van der Waals surface area (Å²) >= 11 is 0. The Balaban J connectivity index is 2.06. The van der Waals surface area contributed by atoms with E-state index >= 15 is 0 Å². The van der Waals surface area contributed by atoms with Gasteiger partial charge in [-0.2, -0.15) is 0 Å². The van der Waals surface area contributed by atoms with E-state index in [9.17, 15) is 0 Å². The van der Waals surface area contributed by atoms with Crippen LogP contribution in [0.1, 0.15) is 18.5 Å². The van der Waals surface area contributed by atoms with Crippen LogP contribution in [0.15, 0.2) is 60.8 Å². The second kappa shape index (κ2) is 5.43. The molecule has 0 radical (unpaired) electrons. The maximum absolute atomic E-state index is 4.37. The molecule has 0 aliphatic heterocycles. The number of pyridine rings is 1. The molecule has 0 aliphatic rings. The molecule has 1 unspecified atom stereocenters. The molecule has 2 aromatic carbocycles. The zero-order valence-electron chi connectivity index (χ0n) is 11.8. The van der Waals surface area contributed by atoms with E-state index in [-0.39, 0.29) is 0 Å². The van der Waals surface area contributed by atoms with E-state index in [0.29, 0.717) is 6.04 Å². The van der Waals surface area contributed by atoms with Crippen LogP contribution in [0.3, 0.4) is 0 Å². The van der Waals surface area contributed by atoms with Gasteiger partial charge in [0.05, 0.1) is 5.52 Å². The molecule has 1 atom stereocenters. The molecule has 1 aromatic heterocycles. The molecule has 0 fully saturated rings. The van der Waals surface area contributed by atoms with Gasteiger partial charge in [0.1, 0.15) is 0 Å². The van der Waals surface area contributed by atoms with Crippen LogP contribution >= 0.6 is 0 Å². The highest BCUT2D eigenvalue weighted by molar-refractivity contribution is 5.84. The lowest BCUT2D eigenvalue weighted by molar-refractivity contribution is 0.652. The summed E-state index contributed by atoms with van der Waals surface area (Å²) in [6.45, 7) is 2.17. The maximum Gasteiger partial charge on any atom is 0.0702 e. The molecule has 2 heteroatoms. The first kappa shape index (κ1) is 12.8. The van der Waals surface area contributed by atoms with Gasteiger partial charge in [-0.1, -0.05) is 30.3 Å². The molecular weight excluding hydrogens is 244 g/mol. The largest absolute Gasteiger partial charge is 0.313 e. The zero-order valence-corrected chi connectivity index (χ0v) is 11.8. The third kappa shape index (κ3) is 2.43. The topological polar surface area (TPSA) is 24.9 Å². The van der Waals surface area contributed by atoms with Crippen LogP contribution in [0.4, 0.5) is 0 Å². The lowest BCUT2D eigenvalue weighted by Crippen LogP contribution is -2.12. The number of hydrogen-bond donors (Lipinski definition) is 1. The quantitative estimate of drug-likeness (QED) is 0.766. The van der Waals surface area contributed by atoms with Gasteiger partial charge in [-0.25, -0.2) is 0 Å². The molecule has 20 heavy (non-hydrogen) atoms.